The number of anilines is 1. The SMILES string of the molecule is Cn1c(NCc2ccccc2)c(C(F)(F)F)c(=O)n(C)c1=O. The fourth-order valence-corrected chi connectivity index (χ4v) is 2.09. The third-order valence-electron chi connectivity index (χ3n) is 3.25. The van der Waals surface area contributed by atoms with Crippen LogP contribution in [0.3, 0.4) is 0 Å². The van der Waals surface area contributed by atoms with Crippen molar-refractivity contribution < 1.29 is 13.2 Å². The number of benzene rings is 1. The predicted molar refractivity (Wildman–Crippen MR) is 75.7 cm³/mol. The van der Waals surface area contributed by atoms with Crippen LogP contribution in [0.4, 0.5) is 19.0 Å². The number of rotatable bonds is 3. The highest BCUT2D eigenvalue weighted by Gasteiger charge is 2.39. The van der Waals surface area contributed by atoms with E-state index >= 15 is 0 Å². The van der Waals surface area contributed by atoms with Gasteiger partial charge in [0.2, 0.25) is 0 Å². The maximum atomic E-state index is 13.2. The topological polar surface area (TPSA) is 56.0 Å². The Morgan fingerprint density at radius 3 is 2.18 bits per heavy atom. The molecule has 0 fully saturated rings. The number of nitrogens with zero attached hydrogens (tertiary/aromatic N) is 2. The Balaban J connectivity index is 2.54. The van der Waals surface area contributed by atoms with Crippen LogP contribution < -0.4 is 16.6 Å². The van der Waals surface area contributed by atoms with Crippen LogP contribution >= 0.6 is 0 Å². The van der Waals surface area contributed by atoms with Gasteiger partial charge in [-0.25, -0.2) is 4.79 Å². The highest BCUT2D eigenvalue weighted by atomic mass is 19.4. The van der Waals surface area contributed by atoms with Gasteiger partial charge in [-0.2, -0.15) is 13.2 Å². The minimum Gasteiger partial charge on any atom is -0.367 e. The van der Waals surface area contributed by atoms with Crippen LogP contribution in [0, 0.1) is 0 Å². The number of hydrogen-bond donors (Lipinski definition) is 1. The zero-order valence-corrected chi connectivity index (χ0v) is 11.9. The molecule has 0 radical (unpaired) electrons. The van der Waals surface area contributed by atoms with Gasteiger partial charge in [-0.15, -0.1) is 0 Å². The quantitative estimate of drug-likeness (QED) is 0.938. The molecule has 118 valence electrons. The summed E-state index contributed by atoms with van der Waals surface area (Å²) in [5.74, 6) is -0.538. The summed E-state index contributed by atoms with van der Waals surface area (Å²) < 4.78 is 40.7. The van der Waals surface area contributed by atoms with Crippen LogP contribution in [-0.4, -0.2) is 9.13 Å². The fraction of sp³-hybridized carbons (Fsp3) is 0.286. The number of halogens is 3. The van der Waals surface area contributed by atoms with Gasteiger partial charge < -0.3 is 5.32 Å². The van der Waals surface area contributed by atoms with Crippen molar-refractivity contribution >= 4 is 5.82 Å². The number of hydrogen-bond acceptors (Lipinski definition) is 3. The molecule has 0 aliphatic carbocycles. The van der Waals surface area contributed by atoms with Crippen LogP contribution in [0.5, 0.6) is 0 Å². The van der Waals surface area contributed by atoms with Crippen molar-refractivity contribution in [2.75, 3.05) is 5.32 Å². The van der Waals surface area contributed by atoms with E-state index in [1.54, 1.807) is 30.3 Å². The van der Waals surface area contributed by atoms with E-state index < -0.39 is 28.8 Å². The Kier molecular flexibility index (Phi) is 4.11. The molecular weight excluding hydrogens is 299 g/mol. The van der Waals surface area contributed by atoms with Crippen LogP contribution in [0.25, 0.3) is 0 Å². The van der Waals surface area contributed by atoms with Gasteiger partial charge in [-0.1, -0.05) is 30.3 Å². The van der Waals surface area contributed by atoms with Crippen molar-refractivity contribution in [3.05, 3.63) is 62.3 Å². The molecule has 0 amide bonds. The minimum atomic E-state index is -4.86. The summed E-state index contributed by atoms with van der Waals surface area (Å²) in [6, 6.07) is 8.70. The summed E-state index contributed by atoms with van der Waals surface area (Å²) in [6.07, 6.45) is -4.86. The van der Waals surface area contributed by atoms with Gasteiger partial charge in [0.05, 0.1) is 0 Å². The average molecular weight is 313 g/mol. The van der Waals surface area contributed by atoms with E-state index in [9.17, 15) is 22.8 Å². The molecule has 8 heteroatoms. The zero-order chi connectivity index (χ0) is 16.5. The van der Waals surface area contributed by atoms with Crippen molar-refractivity contribution in [1.82, 2.24) is 9.13 Å². The maximum absolute atomic E-state index is 13.2. The molecule has 0 unspecified atom stereocenters. The molecule has 0 saturated carbocycles. The molecule has 0 atom stereocenters. The van der Waals surface area contributed by atoms with E-state index in [0.717, 1.165) is 17.2 Å². The second-order valence-corrected chi connectivity index (χ2v) is 4.77. The Morgan fingerprint density at radius 1 is 1.05 bits per heavy atom. The molecule has 0 aliphatic heterocycles. The lowest BCUT2D eigenvalue weighted by Gasteiger charge is -2.18. The molecule has 2 aromatic rings. The molecule has 0 saturated heterocycles. The van der Waals surface area contributed by atoms with Gasteiger partial charge >= 0.3 is 11.9 Å². The molecule has 0 aliphatic rings. The van der Waals surface area contributed by atoms with Gasteiger partial charge in [-0.3, -0.25) is 13.9 Å². The second kappa shape index (κ2) is 5.70. The molecule has 1 heterocycles. The molecule has 22 heavy (non-hydrogen) atoms. The van der Waals surface area contributed by atoms with E-state index in [1.807, 2.05) is 0 Å². The molecule has 5 nitrogen and oxygen atoms in total. The van der Waals surface area contributed by atoms with Crippen molar-refractivity contribution in [3.63, 3.8) is 0 Å². The number of nitrogens with one attached hydrogen (secondary N) is 1. The van der Waals surface area contributed by atoms with Crippen molar-refractivity contribution in [2.45, 2.75) is 12.7 Å². The van der Waals surface area contributed by atoms with E-state index in [-0.39, 0.29) is 6.54 Å². The third-order valence-corrected chi connectivity index (χ3v) is 3.25. The Bertz CT molecular complexity index is 792. The second-order valence-electron chi connectivity index (χ2n) is 4.77. The lowest BCUT2D eigenvalue weighted by molar-refractivity contribution is -0.138. The molecule has 1 aromatic carbocycles. The van der Waals surface area contributed by atoms with E-state index in [0.29, 0.717) is 4.57 Å². The molecule has 0 bridgehead atoms. The lowest BCUT2D eigenvalue weighted by Crippen LogP contribution is -2.42. The summed E-state index contributed by atoms with van der Waals surface area (Å²) in [5.41, 5.74) is -2.85. The molecule has 1 aromatic heterocycles. The smallest absolute Gasteiger partial charge is 0.367 e. The summed E-state index contributed by atoms with van der Waals surface area (Å²) in [5, 5.41) is 2.54. The van der Waals surface area contributed by atoms with Crippen molar-refractivity contribution in [1.29, 1.82) is 0 Å². The standard InChI is InChI=1S/C14H14F3N3O2/c1-19-11(18-8-9-6-4-3-5-7-9)10(14(15,16)17)12(21)20(2)13(19)22/h3-7,18H,8H2,1-2H3. The van der Waals surface area contributed by atoms with Crippen LogP contribution in [0.1, 0.15) is 11.1 Å². The molecule has 0 spiro atoms. The van der Waals surface area contributed by atoms with E-state index in [1.165, 1.54) is 7.05 Å². The first-order valence-corrected chi connectivity index (χ1v) is 6.38. The zero-order valence-electron chi connectivity index (χ0n) is 11.9. The van der Waals surface area contributed by atoms with E-state index in [2.05, 4.69) is 5.32 Å². The maximum Gasteiger partial charge on any atom is 0.425 e. The van der Waals surface area contributed by atoms with Crippen LogP contribution in [-0.2, 0) is 26.8 Å². The fourth-order valence-electron chi connectivity index (χ4n) is 2.09. The van der Waals surface area contributed by atoms with Gasteiger partial charge in [-0.05, 0) is 5.56 Å². The van der Waals surface area contributed by atoms with Crippen LogP contribution in [0.2, 0.25) is 0 Å². The molecule has 2 rings (SSSR count). The first-order chi connectivity index (χ1) is 10.2. The first-order valence-electron chi connectivity index (χ1n) is 6.38. The third kappa shape index (κ3) is 2.90. The highest BCUT2D eigenvalue weighted by Crippen LogP contribution is 2.31. The Labute approximate surface area is 123 Å². The monoisotopic (exact) mass is 313 g/mol. The summed E-state index contributed by atoms with van der Waals surface area (Å²) in [7, 11) is 2.20. The van der Waals surface area contributed by atoms with Gasteiger partial charge in [0, 0.05) is 20.6 Å². The predicted octanol–water partition coefficient (Wildman–Crippen LogP) is 1.71. The average Bonchev–Trinajstić information content (AvgIpc) is 2.47. The van der Waals surface area contributed by atoms with E-state index in [4.69, 9.17) is 0 Å². The number of alkyl halides is 3. The molecular formula is C14H14F3N3O2. The largest absolute Gasteiger partial charge is 0.425 e. The first kappa shape index (κ1) is 15.9. The Morgan fingerprint density at radius 2 is 1.64 bits per heavy atom. The Hall–Kier alpha value is -2.51. The lowest BCUT2D eigenvalue weighted by atomic mass is 10.2. The summed E-state index contributed by atoms with van der Waals surface area (Å²) >= 11 is 0. The normalized spacial score (nSPS) is 11.5. The minimum absolute atomic E-state index is 0.0599. The van der Waals surface area contributed by atoms with Gasteiger partial charge in [0.15, 0.2) is 5.56 Å². The van der Waals surface area contributed by atoms with Crippen LogP contribution in [0.15, 0.2) is 39.9 Å². The highest BCUT2D eigenvalue weighted by molar-refractivity contribution is 5.46. The van der Waals surface area contributed by atoms with Gasteiger partial charge in [0.25, 0.3) is 5.56 Å². The number of aromatic nitrogens is 2. The summed E-state index contributed by atoms with van der Waals surface area (Å²) in [4.78, 5) is 23.6. The van der Waals surface area contributed by atoms with Gasteiger partial charge in [0.1, 0.15) is 5.82 Å². The molecule has 1 N–H and O–H groups in total. The van der Waals surface area contributed by atoms with Crippen molar-refractivity contribution in [3.8, 4) is 0 Å². The summed E-state index contributed by atoms with van der Waals surface area (Å²) in [6.45, 7) is 0.0599. The van der Waals surface area contributed by atoms with Crippen molar-refractivity contribution in [2.24, 2.45) is 14.1 Å².